The third-order valence-corrected chi connectivity index (χ3v) is 4.53. The summed E-state index contributed by atoms with van der Waals surface area (Å²) in [6.07, 6.45) is -3.32. The highest BCUT2D eigenvalue weighted by molar-refractivity contribution is 5.96. The summed E-state index contributed by atoms with van der Waals surface area (Å²) in [6.45, 7) is -0.766. The smallest absolute Gasteiger partial charge is 0.411 e. The fourth-order valence-corrected chi connectivity index (χ4v) is 3.00. The van der Waals surface area contributed by atoms with Crippen LogP contribution in [0.4, 0.5) is 24.7 Å². The fourth-order valence-electron chi connectivity index (χ4n) is 3.00. The number of hydrogen-bond donors (Lipinski definition) is 2. The summed E-state index contributed by atoms with van der Waals surface area (Å²) in [5.41, 5.74) is 4.50. The molecular formula is C20H25F3N4O5. The maximum atomic E-state index is 12.8. The highest BCUT2D eigenvalue weighted by Crippen LogP contribution is 2.25. The van der Waals surface area contributed by atoms with Gasteiger partial charge < -0.3 is 15.2 Å². The molecule has 0 unspecified atom stereocenters. The van der Waals surface area contributed by atoms with Crippen molar-refractivity contribution < 1.29 is 27.4 Å². The van der Waals surface area contributed by atoms with Crippen LogP contribution in [0.15, 0.2) is 33.9 Å². The van der Waals surface area contributed by atoms with Gasteiger partial charge in [-0.15, -0.1) is 0 Å². The van der Waals surface area contributed by atoms with Crippen LogP contribution in [0, 0.1) is 0 Å². The molecule has 0 bridgehead atoms. The van der Waals surface area contributed by atoms with Gasteiger partial charge in [-0.1, -0.05) is 31.5 Å². The van der Waals surface area contributed by atoms with Crippen LogP contribution in [0.25, 0.3) is 0 Å². The molecule has 0 aliphatic heterocycles. The number of carbonyl (C=O) groups is 1. The van der Waals surface area contributed by atoms with Crippen LogP contribution < -0.4 is 26.6 Å². The number of rotatable bonds is 10. The van der Waals surface area contributed by atoms with Crippen molar-refractivity contribution in [3.63, 3.8) is 0 Å². The third-order valence-electron chi connectivity index (χ3n) is 4.53. The number of anilines is 2. The first-order valence-corrected chi connectivity index (χ1v) is 9.78. The van der Waals surface area contributed by atoms with E-state index in [1.54, 1.807) is 24.3 Å². The van der Waals surface area contributed by atoms with Crippen molar-refractivity contribution in [3.05, 3.63) is 50.7 Å². The van der Waals surface area contributed by atoms with E-state index in [2.05, 4.69) is 9.72 Å². The molecule has 0 saturated heterocycles. The number of para-hydroxylation sites is 1. The molecule has 0 spiro atoms. The van der Waals surface area contributed by atoms with Gasteiger partial charge in [0.2, 0.25) is 0 Å². The molecule has 32 heavy (non-hydrogen) atoms. The second-order valence-corrected chi connectivity index (χ2v) is 6.90. The number of aromatic nitrogens is 2. The van der Waals surface area contributed by atoms with Crippen LogP contribution >= 0.6 is 0 Å². The third kappa shape index (κ3) is 6.36. The molecule has 1 aromatic heterocycles. The lowest BCUT2D eigenvalue weighted by molar-refractivity contribution is -0.175. The molecule has 0 aliphatic rings. The van der Waals surface area contributed by atoms with Crippen LogP contribution in [0.2, 0.25) is 0 Å². The number of nitrogen functional groups attached to an aromatic ring is 1. The Morgan fingerprint density at radius 3 is 2.56 bits per heavy atom. The van der Waals surface area contributed by atoms with E-state index in [1.807, 2.05) is 6.92 Å². The number of halogens is 3. The zero-order valence-corrected chi connectivity index (χ0v) is 17.7. The molecule has 9 nitrogen and oxygen atoms in total. The van der Waals surface area contributed by atoms with E-state index in [0.29, 0.717) is 17.7 Å². The number of methoxy groups -OCH3 is 1. The van der Waals surface area contributed by atoms with E-state index in [9.17, 15) is 27.6 Å². The summed E-state index contributed by atoms with van der Waals surface area (Å²) in [6, 6.07) is 6.59. The first kappa shape index (κ1) is 25.0. The van der Waals surface area contributed by atoms with Gasteiger partial charge in [0.15, 0.2) is 5.69 Å². The van der Waals surface area contributed by atoms with Gasteiger partial charge >= 0.3 is 11.9 Å². The van der Waals surface area contributed by atoms with Crippen molar-refractivity contribution in [2.75, 3.05) is 31.0 Å². The first-order chi connectivity index (χ1) is 15.1. The Bertz CT molecular complexity index is 1050. The Morgan fingerprint density at radius 1 is 1.25 bits per heavy atom. The van der Waals surface area contributed by atoms with Gasteiger partial charge in [-0.25, -0.2) is 4.79 Å². The summed E-state index contributed by atoms with van der Waals surface area (Å²) in [4.78, 5) is 40.7. The lowest BCUT2D eigenvalue weighted by Crippen LogP contribution is -2.42. The van der Waals surface area contributed by atoms with E-state index in [-0.39, 0.29) is 24.6 Å². The van der Waals surface area contributed by atoms with Crippen molar-refractivity contribution in [2.45, 2.75) is 39.0 Å². The van der Waals surface area contributed by atoms with Gasteiger partial charge in [0.25, 0.3) is 11.5 Å². The Balaban J connectivity index is 2.52. The summed E-state index contributed by atoms with van der Waals surface area (Å²) in [5, 5.41) is 0. The zero-order valence-electron chi connectivity index (χ0n) is 17.7. The zero-order chi connectivity index (χ0) is 23.9. The normalized spacial score (nSPS) is 11.4. The van der Waals surface area contributed by atoms with E-state index in [0.717, 1.165) is 15.9 Å². The van der Waals surface area contributed by atoms with Crippen molar-refractivity contribution >= 4 is 17.4 Å². The van der Waals surface area contributed by atoms with Gasteiger partial charge in [-0.3, -0.25) is 24.0 Å². The van der Waals surface area contributed by atoms with Crippen LogP contribution in [0.5, 0.6) is 5.75 Å². The van der Waals surface area contributed by atoms with E-state index < -0.39 is 36.5 Å². The van der Waals surface area contributed by atoms with Crippen LogP contribution in [-0.2, 0) is 22.6 Å². The quantitative estimate of drug-likeness (QED) is 0.562. The van der Waals surface area contributed by atoms with E-state index in [1.165, 1.54) is 7.11 Å². The van der Waals surface area contributed by atoms with E-state index >= 15 is 0 Å². The molecule has 1 aromatic carbocycles. The van der Waals surface area contributed by atoms with Gasteiger partial charge in [0.1, 0.15) is 24.8 Å². The number of H-pyrrole nitrogens is 1. The van der Waals surface area contributed by atoms with Gasteiger partial charge in [0.05, 0.1) is 13.7 Å². The summed E-state index contributed by atoms with van der Waals surface area (Å²) >= 11 is 0. The number of alkyl halides is 3. The van der Waals surface area contributed by atoms with Crippen LogP contribution in [-0.4, -0.2) is 42.0 Å². The number of aromatic amines is 1. The number of amides is 1. The average molecular weight is 458 g/mol. The van der Waals surface area contributed by atoms with Crippen LogP contribution in [0.1, 0.15) is 25.3 Å². The molecule has 0 atom stereocenters. The molecule has 0 radical (unpaired) electrons. The molecule has 2 rings (SSSR count). The lowest BCUT2D eigenvalue weighted by atomic mass is 10.1. The SMILES string of the molecule is CCCCn1c(N)c(N(Cc2ccccc2OC)C(=O)COCC(F)(F)F)c(=O)[nH]c1=O. The molecule has 0 fully saturated rings. The van der Waals surface area contributed by atoms with Gasteiger partial charge in [-0.2, -0.15) is 13.2 Å². The highest BCUT2D eigenvalue weighted by atomic mass is 19.4. The molecule has 3 N–H and O–H groups in total. The maximum absolute atomic E-state index is 12.8. The minimum Gasteiger partial charge on any atom is -0.496 e. The Labute approximate surface area is 181 Å². The minimum absolute atomic E-state index is 0.187. The predicted molar refractivity (Wildman–Crippen MR) is 112 cm³/mol. The molecular weight excluding hydrogens is 433 g/mol. The van der Waals surface area contributed by atoms with Crippen molar-refractivity contribution in [3.8, 4) is 5.75 Å². The first-order valence-electron chi connectivity index (χ1n) is 9.78. The Hall–Kier alpha value is -3.28. The fraction of sp³-hybridized carbons (Fsp3) is 0.450. The molecule has 1 amide bonds. The molecule has 12 heteroatoms. The maximum Gasteiger partial charge on any atom is 0.411 e. The van der Waals surface area contributed by atoms with Crippen molar-refractivity contribution in [2.24, 2.45) is 0 Å². The monoisotopic (exact) mass is 458 g/mol. The van der Waals surface area contributed by atoms with E-state index in [4.69, 9.17) is 10.5 Å². The number of carbonyl (C=O) groups excluding carboxylic acids is 1. The predicted octanol–water partition coefficient (Wildman–Crippen LogP) is 2.04. The Kier molecular flexibility index (Phi) is 8.47. The molecule has 2 aromatic rings. The molecule has 0 aliphatic carbocycles. The standard InChI is InChI=1S/C20H25F3N4O5/c1-3-4-9-26-17(24)16(18(29)25-19(26)30)27(15(28)11-32-12-20(21,22)23)10-13-7-5-6-8-14(13)31-2/h5-8H,3-4,9-12,24H2,1-2H3,(H,25,29,30). The number of nitrogens with one attached hydrogen (secondary N) is 1. The number of benzene rings is 1. The van der Waals surface area contributed by atoms with Gasteiger partial charge in [0, 0.05) is 12.1 Å². The molecule has 176 valence electrons. The molecule has 0 saturated carbocycles. The number of hydrogen-bond acceptors (Lipinski definition) is 6. The summed E-state index contributed by atoms with van der Waals surface area (Å²) in [5.74, 6) is -0.833. The highest BCUT2D eigenvalue weighted by Gasteiger charge is 2.30. The second-order valence-electron chi connectivity index (χ2n) is 6.90. The average Bonchev–Trinajstić information content (AvgIpc) is 2.72. The minimum atomic E-state index is -4.63. The van der Waals surface area contributed by atoms with Crippen LogP contribution in [0.3, 0.4) is 0 Å². The second kappa shape index (κ2) is 10.8. The van der Waals surface area contributed by atoms with Crippen molar-refractivity contribution in [1.82, 2.24) is 9.55 Å². The summed E-state index contributed by atoms with van der Waals surface area (Å²) in [7, 11) is 1.41. The lowest BCUT2D eigenvalue weighted by Gasteiger charge is -2.25. The summed E-state index contributed by atoms with van der Waals surface area (Å²) < 4.78 is 48.2. The largest absolute Gasteiger partial charge is 0.496 e. The molecule has 1 heterocycles. The number of nitrogens with zero attached hydrogens (tertiary/aromatic N) is 2. The van der Waals surface area contributed by atoms with Crippen molar-refractivity contribution in [1.29, 1.82) is 0 Å². The number of nitrogens with two attached hydrogens (primary N) is 1. The number of unbranched alkanes of at least 4 members (excludes halogenated alkanes) is 1. The topological polar surface area (TPSA) is 120 Å². The van der Waals surface area contributed by atoms with Gasteiger partial charge in [-0.05, 0) is 12.5 Å². The number of ether oxygens (including phenoxy) is 2. The Morgan fingerprint density at radius 2 is 1.94 bits per heavy atom.